The van der Waals surface area contributed by atoms with Gasteiger partial charge in [-0.1, -0.05) is 11.6 Å². The molecule has 0 aromatic heterocycles. The molecule has 8 heteroatoms. The number of likely N-dealkylation sites (N-methyl/N-ethyl adjacent to an activating group) is 1. The van der Waals surface area contributed by atoms with Crippen LogP contribution in [-0.2, 0) is 4.79 Å². The lowest BCUT2D eigenvalue weighted by atomic mass is 10.2. The molecule has 1 aromatic carbocycles. The van der Waals surface area contributed by atoms with Crippen molar-refractivity contribution in [3.05, 3.63) is 29.3 Å². The summed E-state index contributed by atoms with van der Waals surface area (Å²) in [5, 5.41) is 5.45. The van der Waals surface area contributed by atoms with Gasteiger partial charge in [0, 0.05) is 23.7 Å². The molecule has 24 heavy (non-hydrogen) atoms. The predicted molar refractivity (Wildman–Crippen MR) is 92.1 cm³/mol. The third-order valence-corrected chi connectivity index (χ3v) is 4.73. The number of hydrogen-bond acceptors (Lipinski definition) is 3. The summed E-state index contributed by atoms with van der Waals surface area (Å²) in [6.45, 7) is 4.15. The van der Waals surface area contributed by atoms with Crippen molar-refractivity contribution in [3.63, 3.8) is 0 Å². The zero-order valence-corrected chi connectivity index (χ0v) is 14.5. The number of rotatable bonds is 3. The van der Waals surface area contributed by atoms with Gasteiger partial charge in [0.25, 0.3) is 0 Å². The van der Waals surface area contributed by atoms with Gasteiger partial charge in [-0.3, -0.25) is 10.2 Å². The van der Waals surface area contributed by atoms with Crippen LogP contribution in [0.15, 0.2) is 24.3 Å². The highest BCUT2D eigenvalue weighted by molar-refractivity contribution is 6.30. The number of quaternary nitrogens is 1. The Kier molecular flexibility index (Phi) is 5.23. The number of benzene rings is 1. The summed E-state index contributed by atoms with van der Waals surface area (Å²) >= 11 is 5.88. The minimum absolute atomic E-state index is 0.00539. The number of nitrogens with one attached hydrogen (secondary N) is 3. The average molecular weight is 353 g/mol. The molecule has 130 valence electrons. The monoisotopic (exact) mass is 352 g/mol. The molecule has 0 unspecified atom stereocenters. The van der Waals surface area contributed by atoms with Gasteiger partial charge in [0.1, 0.15) is 0 Å². The van der Waals surface area contributed by atoms with Gasteiger partial charge >= 0.3 is 6.03 Å². The first kappa shape index (κ1) is 17.0. The van der Waals surface area contributed by atoms with Crippen molar-refractivity contribution < 1.29 is 14.5 Å². The number of halogens is 1. The van der Waals surface area contributed by atoms with Crippen LogP contribution in [0.4, 0.5) is 10.5 Å². The van der Waals surface area contributed by atoms with Crippen LogP contribution in [0.1, 0.15) is 6.42 Å². The summed E-state index contributed by atoms with van der Waals surface area (Å²) < 4.78 is 0. The third kappa shape index (κ3) is 4.17. The molecule has 3 amide bonds. The quantitative estimate of drug-likeness (QED) is 0.686. The molecule has 3 rings (SSSR count). The molecular weight excluding hydrogens is 330 g/mol. The molecule has 0 radical (unpaired) electrons. The number of hydrazine groups is 1. The number of anilines is 1. The van der Waals surface area contributed by atoms with Crippen molar-refractivity contribution in [2.75, 3.05) is 44.7 Å². The average Bonchev–Trinajstić information content (AvgIpc) is 2.90. The second-order valence-electron chi connectivity index (χ2n) is 6.41. The first-order valence-electron chi connectivity index (χ1n) is 8.20. The van der Waals surface area contributed by atoms with Crippen molar-refractivity contribution >= 4 is 29.2 Å². The largest absolute Gasteiger partial charge is 0.335 e. The van der Waals surface area contributed by atoms with Gasteiger partial charge in [-0.25, -0.2) is 9.80 Å². The Morgan fingerprint density at radius 2 is 1.92 bits per heavy atom. The van der Waals surface area contributed by atoms with E-state index >= 15 is 0 Å². The van der Waals surface area contributed by atoms with Crippen LogP contribution in [0.3, 0.4) is 0 Å². The summed E-state index contributed by atoms with van der Waals surface area (Å²) in [6, 6.07) is 6.71. The lowest BCUT2D eigenvalue weighted by Gasteiger charge is -2.30. The summed E-state index contributed by atoms with van der Waals surface area (Å²) in [7, 11) is 2.15. The van der Waals surface area contributed by atoms with Crippen LogP contribution in [0.25, 0.3) is 0 Å². The SMILES string of the molecule is C[NH+]1CCN(NC(=O)N[C@@H]2CC(=O)N(c3ccc(Cl)cc3)C2)CC1. The number of nitrogens with zero attached hydrogens (tertiary/aromatic N) is 2. The van der Waals surface area contributed by atoms with Crippen LogP contribution in [0.2, 0.25) is 5.02 Å². The summed E-state index contributed by atoms with van der Waals surface area (Å²) in [5.74, 6) is 0.00539. The van der Waals surface area contributed by atoms with Crippen molar-refractivity contribution in [1.82, 2.24) is 15.8 Å². The number of carbonyl (C=O) groups excluding carboxylic acids is 2. The van der Waals surface area contributed by atoms with Crippen LogP contribution in [0.5, 0.6) is 0 Å². The van der Waals surface area contributed by atoms with E-state index in [-0.39, 0.29) is 18.0 Å². The maximum absolute atomic E-state index is 12.2. The molecule has 2 fully saturated rings. The molecule has 1 atom stereocenters. The van der Waals surface area contributed by atoms with E-state index in [1.54, 1.807) is 17.0 Å². The summed E-state index contributed by atoms with van der Waals surface area (Å²) in [5.41, 5.74) is 3.67. The third-order valence-electron chi connectivity index (χ3n) is 4.48. The molecule has 2 saturated heterocycles. The van der Waals surface area contributed by atoms with Crippen molar-refractivity contribution in [3.8, 4) is 0 Å². The Labute approximate surface area is 146 Å². The van der Waals surface area contributed by atoms with Crippen molar-refractivity contribution in [1.29, 1.82) is 0 Å². The van der Waals surface area contributed by atoms with E-state index in [2.05, 4.69) is 17.8 Å². The predicted octanol–water partition coefficient (Wildman–Crippen LogP) is -0.510. The van der Waals surface area contributed by atoms with Gasteiger partial charge < -0.3 is 15.1 Å². The highest BCUT2D eigenvalue weighted by Crippen LogP contribution is 2.23. The Bertz CT molecular complexity index is 601. The number of carbonyl (C=O) groups is 2. The highest BCUT2D eigenvalue weighted by Gasteiger charge is 2.32. The van der Waals surface area contributed by atoms with Crippen LogP contribution >= 0.6 is 11.6 Å². The van der Waals surface area contributed by atoms with Crippen molar-refractivity contribution in [2.24, 2.45) is 0 Å². The standard InChI is InChI=1S/C16H22ClN5O2/c1-20-6-8-21(9-7-20)19-16(24)18-13-10-15(23)22(11-13)14-4-2-12(17)3-5-14/h2-5,13H,6-11H2,1H3,(H2,18,19,24)/p+1/t13-/m1/s1. The molecule has 0 saturated carbocycles. The van der Waals surface area contributed by atoms with E-state index in [4.69, 9.17) is 11.6 Å². The zero-order valence-electron chi connectivity index (χ0n) is 13.7. The smallest absolute Gasteiger partial charge is 0.329 e. The molecule has 0 aliphatic carbocycles. The lowest BCUT2D eigenvalue weighted by molar-refractivity contribution is -0.884. The Balaban J connectivity index is 1.50. The summed E-state index contributed by atoms with van der Waals surface area (Å²) in [4.78, 5) is 27.5. The van der Waals surface area contributed by atoms with E-state index in [9.17, 15) is 9.59 Å². The second-order valence-corrected chi connectivity index (χ2v) is 6.85. The molecule has 0 bridgehead atoms. The number of piperazine rings is 1. The number of amides is 3. The first-order chi connectivity index (χ1) is 11.5. The topological polar surface area (TPSA) is 69.1 Å². The van der Waals surface area contributed by atoms with Gasteiger partial charge in [-0.05, 0) is 24.3 Å². The zero-order chi connectivity index (χ0) is 17.1. The Morgan fingerprint density at radius 3 is 2.58 bits per heavy atom. The normalized spacial score (nSPS) is 22.7. The fraction of sp³-hybridized carbons (Fsp3) is 0.500. The number of urea groups is 1. The molecular formula is C16H23ClN5O2+. The van der Waals surface area contributed by atoms with E-state index in [0.29, 0.717) is 18.0 Å². The number of hydrogen-bond donors (Lipinski definition) is 3. The lowest BCUT2D eigenvalue weighted by Crippen LogP contribution is -3.12. The van der Waals surface area contributed by atoms with Gasteiger partial charge in [-0.15, -0.1) is 0 Å². The molecule has 7 nitrogen and oxygen atoms in total. The molecule has 3 N–H and O–H groups in total. The maximum atomic E-state index is 12.2. The molecule has 0 spiro atoms. The second kappa shape index (κ2) is 7.38. The van der Waals surface area contributed by atoms with Gasteiger partial charge in [0.15, 0.2) is 0 Å². The van der Waals surface area contributed by atoms with E-state index < -0.39 is 0 Å². The van der Waals surface area contributed by atoms with Gasteiger partial charge in [0.2, 0.25) is 5.91 Å². The molecule has 2 aliphatic heterocycles. The maximum Gasteiger partial charge on any atom is 0.329 e. The van der Waals surface area contributed by atoms with Crippen LogP contribution in [0, 0.1) is 0 Å². The first-order valence-corrected chi connectivity index (χ1v) is 8.58. The minimum atomic E-state index is -0.245. The van der Waals surface area contributed by atoms with Crippen LogP contribution < -0.4 is 20.5 Å². The van der Waals surface area contributed by atoms with E-state index in [1.807, 2.05) is 17.1 Å². The highest BCUT2D eigenvalue weighted by atomic mass is 35.5. The Morgan fingerprint density at radius 1 is 1.25 bits per heavy atom. The molecule has 2 heterocycles. The fourth-order valence-electron chi connectivity index (χ4n) is 3.04. The molecule has 2 aliphatic rings. The van der Waals surface area contributed by atoms with E-state index in [0.717, 1.165) is 31.9 Å². The Hall–Kier alpha value is -1.83. The summed E-state index contributed by atoms with van der Waals surface area (Å²) in [6.07, 6.45) is 0.308. The molecule has 1 aromatic rings. The van der Waals surface area contributed by atoms with Gasteiger partial charge in [-0.2, -0.15) is 0 Å². The van der Waals surface area contributed by atoms with Crippen LogP contribution in [-0.4, -0.2) is 62.8 Å². The minimum Gasteiger partial charge on any atom is -0.335 e. The van der Waals surface area contributed by atoms with Crippen molar-refractivity contribution in [2.45, 2.75) is 12.5 Å². The van der Waals surface area contributed by atoms with E-state index in [1.165, 1.54) is 4.90 Å². The fourth-order valence-corrected chi connectivity index (χ4v) is 3.16. The van der Waals surface area contributed by atoms with Gasteiger partial charge in [0.05, 0.1) is 39.3 Å².